The van der Waals surface area contributed by atoms with E-state index in [1.807, 2.05) is 37.4 Å². The van der Waals surface area contributed by atoms with Crippen molar-refractivity contribution in [2.45, 2.75) is 52.2 Å². The number of fused-ring (bicyclic) bond motifs is 3. The highest BCUT2D eigenvalue weighted by molar-refractivity contribution is 7.25. The molecule has 30 heavy (non-hydrogen) atoms. The van der Waals surface area contributed by atoms with E-state index in [1.165, 1.54) is 21.6 Å². The molecule has 0 radical (unpaired) electrons. The number of pyridine rings is 1. The highest BCUT2D eigenvalue weighted by Crippen LogP contribution is 2.41. The fourth-order valence-electron chi connectivity index (χ4n) is 3.44. The molecule has 2 aliphatic heterocycles. The van der Waals surface area contributed by atoms with Gasteiger partial charge in [0.15, 0.2) is 0 Å². The first-order valence-electron chi connectivity index (χ1n) is 10.3. The number of benzene rings is 1. The smallest absolute Gasteiger partial charge is 0.493 e. The van der Waals surface area contributed by atoms with Crippen LogP contribution in [0.25, 0.3) is 10.4 Å². The Kier molecular flexibility index (Phi) is 5.75. The highest BCUT2D eigenvalue weighted by Gasteiger charge is 2.52. The molecule has 0 unspecified atom stereocenters. The lowest BCUT2D eigenvalue weighted by atomic mass is 9.87. The maximum Gasteiger partial charge on any atom is 0.505 e. The van der Waals surface area contributed by atoms with Crippen LogP contribution < -0.4 is 9.51 Å². The van der Waals surface area contributed by atoms with Crippen LogP contribution in [0.4, 0.5) is 0 Å². The molecule has 1 fully saturated rings. The quantitative estimate of drug-likeness (QED) is 0.517. The largest absolute Gasteiger partial charge is 0.505 e. The molecule has 0 bridgehead atoms. The first kappa shape index (κ1) is 21.1. The second kappa shape index (κ2) is 8.18. The van der Waals surface area contributed by atoms with E-state index < -0.39 is 0 Å². The van der Waals surface area contributed by atoms with Gasteiger partial charge in [0.1, 0.15) is 5.75 Å². The van der Waals surface area contributed by atoms with Gasteiger partial charge in [-0.3, -0.25) is 4.98 Å². The van der Waals surface area contributed by atoms with Crippen molar-refractivity contribution in [1.29, 1.82) is 0 Å². The minimum Gasteiger partial charge on any atom is -0.493 e. The van der Waals surface area contributed by atoms with Crippen molar-refractivity contribution in [3.05, 3.63) is 66.0 Å². The lowest BCUT2D eigenvalue weighted by molar-refractivity contribution is 0.00578. The summed E-state index contributed by atoms with van der Waals surface area (Å²) in [5, 5.41) is 0. The number of hydrogen-bond donors (Lipinski definition) is 0. The standard InChI is InChI=1S/C18H21BO3S.C6H7N/c1-17(2)18(3,4)22-19(21-17)15-11-12-9-10-20-14-8-6-5-7-13(14)16(12)23-15;1-6-3-2-4-7-5-6/h5-8,11H,9-10H2,1-4H3;2-5H,1H3. The van der Waals surface area contributed by atoms with Crippen molar-refractivity contribution in [2.24, 2.45) is 0 Å². The summed E-state index contributed by atoms with van der Waals surface area (Å²) in [5.74, 6) is 0.966. The van der Waals surface area contributed by atoms with E-state index in [9.17, 15) is 0 Å². The number of ether oxygens (including phenoxy) is 1. The molecule has 1 aromatic carbocycles. The molecule has 0 atom stereocenters. The van der Waals surface area contributed by atoms with Gasteiger partial charge in [0, 0.05) is 34.0 Å². The third-order valence-electron chi connectivity index (χ3n) is 5.88. The number of aryl methyl sites for hydroxylation is 1. The zero-order chi connectivity index (χ0) is 21.4. The Morgan fingerprint density at radius 1 is 1.00 bits per heavy atom. The van der Waals surface area contributed by atoms with E-state index >= 15 is 0 Å². The Hall–Kier alpha value is -2.15. The van der Waals surface area contributed by atoms with E-state index in [1.54, 1.807) is 17.5 Å². The minimum atomic E-state index is -0.305. The maximum atomic E-state index is 6.20. The van der Waals surface area contributed by atoms with Crippen molar-refractivity contribution in [3.63, 3.8) is 0 Å². The predicted molar refractivity (Wildman–Crippen MR) is 124 cm³/mol. The summed E-state index contributed by atoms with van der Waals surface area (Å²) in [5.41, 5.74) is 3.10. The van der Waals surface area contributed by atoms with E-state index in [0.717, 1.165) is 16.9 Å². The monoisotopic (exact) mass is 421 g/mol. The Bertz CT molecular complexity index is 1000. The van der Waals surface area contributed by atoms with E-state index in [0.29, 0.717) is 6.61 Å². The number of aromatic nitrogens is 1. The molecule has 4 heterocycles. The fourth-order valence-corrected chi connectivity index (χ4v) is 4.64. The lowest BCUT2D eigenvalue weighted by Gasteiger charge is -2.32. The molecule has 0 amide bonds. The molecule has 156 valence electrons. The molecule has 0 N–H and O–H groups in total. The van der Waals surface area contributed by atoms with Gasteiger partial charge in [-0.25, -0.2) is 0 Å². The van der Waals surface area contributed by atoms with Crippen LogP contribution in [0.3, 0.4) is 0 Å². The van der Waals surface area contributed by atoms with Crippen LogP contribution in [-0.2, 0) is 15.7 Å². The van der Waals surface area contributed by atoms with E-state index in [4.69, 9.17) is 14.0 Å². The average Bonchev–Trinajstić information content (AvgIpc) is 3.15. The molecule has 0 spiro atoms. The molecule has 0 saturated carbocycles. The molecule has 2 aromatic heterocycles. The molecule has 3 aromatic rings. The summed E-state index contributed by atoms with van der Waals surface area (Å²) >= 11 is 1.76. The van der Waals surface area contributed by atoms with Gasteiger partial charge in [0.05, 0.1) is 17.8 Å². The highest BCUT2D eigenvalue weighted by atomic mass is 32.1. The van der Waals surface area contributed by atoms with Crippen molar-refractivity contribution >= 4 is 23.2 Å². The zero-order valence-corrected chi connectivity index (χ0v) is 19.1. The lowest BCUT2D eigenvalue weighted by Crippen LogP contribution is -2.41. The van der Waals surface area contributed by atoms with Crippen LogP contribution in [0.2, 0.25) is 0 Å². The fraction of sp³-hybridized carbons (Fsp3) is 0.375. The van der Waals surface area contributed by atoms with E-state index in [-0.39, 0.29) is 18.3 Å². The molecule has 5 rings (SSSR count). The van der Waals surface area contributed by atoms with Gasteiger partial charge < -0.3 is 14.0 Å². The molecule has 6 heteroatoms. The summed E-state index contributed by atoms with van der Waals surface area (Å²) in [6.07, 6.45) is 4.52. The first-order valence-corrected chi connectivity index (χ1v) is 11.2. The van der Waals surface area contributed by atoms with Crippen LogP contribution in [0.5, 0.6) is 5.75 Å². The number of rotatable bonds is 1. The van der Waals surface area contributed by atoms with Crippen LogP contribution in [0.1, 0.15) is 38.8 Å². The second-order valence-corrected chi connectivity index (χ2v) is 9.80. The third kappa shape index (κ3) is 4.17. The zero-order valence-electron chi connectivity index (χ0n) is 18.3. The summed E-state index contributed by atoms with van der Waals surface area (Å²) < 4.78 is 19.4. The SMILES string of the molecule is CC1(C)OB(c2cc3c(s2)-c2ccccc2OCC3)OC1(C)C.Cc1cccnc1. The van der Waals surface area contributed by atoms with Crippen molar-refractivity contribution in [2.75, 3.05) is 6.61 Å². The Morgan fingerprint density at radius 3 is 2.37 bits per heavy atom. The number of nitrogens with zero attached hydrogens (tertiary/aromatic N) is 1. The Labute approximate surface area is 183 Å². The third-order valence-corrected chi connectivity index (χ3v) is 7.12. The molecule has 1 saturated heterocycles. The first-order chi connectivity index (χ1) is 14.3. The van der Waals surface area contributed by atoms with Gasteiger partial charge >= 0.3 is 7.12 Å². The summed E-state index contributed by atoms with van der Waals surface area (Å²) in [6, 6.07) is 14.4. The van der Waals surface area contributed by atoms with Crippen LogP contribution >= 0.6 is 11.3 Å². The van der Waals surface area contributed by atoms with Crippen molar-refractivity contribution < 1.29 is 14.0 Å². The van der Waals surface area contributed by atoms with Gasteiger partial charge in [-0.05, 0) is 70.0 Å². The van der Waals surface area contributed by atoms with Crippen LogP contribution in [0, 0.1) is 6.92 Å². The topological polar surface area (TPSA) is 40.6 Å². The van der Waals surface area contributed by atoms with Gasteiger partial charge in [-0.1, -0.05) is 18.2 Å². The Balaban J connectivity index is 0.000000265. The second-order valence-electron chi connectivity index (χ2n) is 8.72. The summed E-state index contributed by atoms with van der Waals surface area (Å²) in [7, 11) is -0.287. The normalized spacial score (nSPS) is 18.4. The predicted octanol–water partition coefficient (Wildman–Crippen LogP) is 5.04. The number of thiophene rings is 1. The van der Waals surface area contributed by atoms with Gasteiger partial charge in [-0.2, -0.15) is 0 Å². The van der Waals surface area contributed by atoms with Crippen molar-refractivity contribution in [3.8, 4) is 16.2 Å². The molecule has 2 aliphatic rings. The van der Waals surface area contributed by atoms with Crippen molar-refractivity contribution in [1.82, 2.24) is 4.98 Å². The number of para-hydroxylation sites is 1. The summed E-state index contributed by atoms with van der Waals surface area (Å²) in [4.78, 5) is 5.16. The van der Waals surface area contributed by atoms with Gasteiger partial charge in [0.25, 0.3) is 0 Å². The van der Waals surface area contributed by atoms with Crippen LogP contribution in [0.15, 0.2) is 54.9 Å². The van der Waals surface area contributed by atoms with Gasteiger partial charge in [-0.15, -0.1) is 11.3 Å². The molecule has 0 aliphatic carbocycles. The summed E-state index contributed by atoms with van der Waals surface area (Å²) in [6.45, 7) is 11.1. The molecule has 4 nitrogen and oxygen atoms in total. The van der Waals surface area contributed by atoms with Crippen LogP contribution in [-0.4, -0.2) is 29.9 Å². The minimum absolute atomic E-state index is 0.287. The molecular formula is C24H28BNO3S. The Morgan fingerprint density at radius 2 is 1.73 bits per heavy atom. The van der Waals surface area contributed by atoms with Gasteiger partial charge in [0.2, 0.25) is 0 Å². The van der Waals surface area contributed by atoms with E-state index in [2.05, 4.69) is 50.9 Å². The number of hydrogen-bond acceptors (Lipinski definition) is 5. The molecular weight excluding hydrogens is 393 g/mol. The average molecular weight is 421 g/mol. The maximum absolute atomic E-state index is 6.20.